The molecule has 2 aromatic rings. The second-order valence-corrected chi connectivity index (χ2v) is 4.83. The Labute approximate surface area is 93.0 Å². The van der Waals surface area contributed by atoms with Crippen LogP contribution in [0, 0.1) is 0 Å². The SMILES string of the molecule is Cn1c(C2=CCCS2)nc2ccccc21. The predicted molar refractivity (Wildman–Crippen MR) is 65.8 cm³/mol. The van der Waals surface area contributed by atoms with Crippen LogP contribution in [-0.2, 0) is 7.05 Å². The smallest absolute Gasteiger partial charge is 0.146 e. The second-order valence-electron chi connectivity index (χ2n) is 3.69. The number of hydrogen-bond donors (Lipinski definition) is 0. The Bertz CT molecular complexity index is 540. The van der Waals surface area contributed by atoms with Gasteiger partial charge >= 0.3 is 0 Å². The Hall–Kier alpha value is -1.22. The normalized spacial score (nSPS) is 15.9. The number of nitrogens with zero attached hydrogens (tertiary/aromatic N) is 2. The highest BCUT2D eigenvalue weighted by Crippen LogP contribution is 2.34. The summed E-state index contributed by atoms with van der Waals surface area (Å²) in [5.41, 5.74) is 2.30. The summed E-state index contributed by atoms with van der Waals surface area (Å²) in [6.45, 7) is 0. The molecule has 0 N–H and O–H groups in total. The molecular formula is C12H12N2S. The lowest BCUT2D eigenvalue weighted by Gasteiger charge is -2.01. The number of benzene rings is 1. The van der Waals surface area contributed by atoms with Gasteiger partial charge in [0.1, 0.15) is 5.82 Å². The quantitative estimate of drug-likeness (QED) is 0.729. The standard InChI is InChI=1S/C12H12N2S/c1-14-10-6-3-2-5-9(10)13-12(14)11-7-4-8-15-11/h2-3,5-7H,4,8H2,1H3. The van der Waals surface area contributed by atoms with Crippen molar-refractivity contribution in [3.05, 3.63) is 36.2 Å². The fourth-order valence-corrected chi connectivity index (χ4v) is 2.94. The molecule has 2 heterocycles. The van der Waals surface area contributed by atoms with Crippen molar-refractivity contribution >= 4 is 27.7 Å². The van der Waals surface area contributed by atoms with E-state index in [0.717, 1.165) is 11.3 Å². The Kier molecular flexibility index (Phi) is 2.06. The molecule has 0 saturated carbocycles. The van der Waals surface area contributed by atoms with Crippen molar-refractivity contribution in [2.75, 3.05) is 5.75 Å². The molecule has 0 saturated heterocycles. The van der Waals surface area contributed by atoms with Crippen LogP contribution in [-0.4, -0.2) is 15.3 Å². The third kappa shape index (κ3) is 1.38. The van der Waals surface area contributed by atoms with Crippen molar-refractivity contribution in [1.29, 1.82) is 0 Å². The molecule has 15 heavy (non-hydrogen) atoms. The first kappa shape index (κ1) is 9.04. The monoisotopic (exact) mass is 216 g/mol. The Balaban J connectivity index is 2.23. The maximum Gasteiger partial charge on any atom is 0.146 e. The van der Waals surface area contributed by atoms with E-state index in [0.29, 0.717) is 0 Å². The van der Waals surface area contributed by atoms with E-state index in [-0.39, 0.29) is 0 Å². The summed E-state index contributed by atoms with van der Waals surface area (Å²) >= 11 is 1.90. The number of fused-ring (bicyclic) bond motifs is 1. The van der Waals surface area contributed by atoms with E-state index >= 15 is 0 Å². The molecule has 0 unspecified atom stereocenters. The fraction of sp³-hybridized carbons (Fsp3) is 0.250. The van der Waals surface area contributed by atoms with Gasteiger partial charge in [0.05, 0.1) is 11.0 Å². The van der Waals surface area contributed by atoms with E-state index in [1.54, 1.807) is 0 Å². The minimum Gasteiger partial charge on any atom is -0.327 e. The van der Waals surface area contributed by atoms with Gasteiger partial charge in [-0.05, 0) is 18.6 Å². The van der Waals surface area contributed by atoms with Crippen molar-refractivity contribution < 1.29 is 0 Å². The van der Waals surface area contributed by atoms with E-state index in [4.69, 9.17) is 0 Å². The molecule has 0 aliphatic carbocycles. The first-order valence-electron chi connectivity index (χ1n) is 5.11. The maximum absolute atomic E-state index is 4.67. The lowest BCUT2D eigenvalue weighted by atomic mass is 10.3. The van der Waals surface area contributed by atoms with Gasteiger partial charge in [0, 0.05) is 17.7 Å². The lowest BCUT2D eigenvalue weighted by molar-refractivity contribution is 0.927. The molecule has 3 rings (SSSR count). The minimum atomic E-state index is 1.09. The van der Waals surface area contributed by atoms with E-state index in [1.807, 2.05) is 17.8 Å². The van der Waals surface area contributed by atoms with Gasteiger partial charge in [0.25, 0.3) is 0 Å². The number of para-hydroxylation sites is 2. The molecule has 0 bridgehead atoms. The average molecular weight is 216 g/mol. The lowest BCUT2D eigenvalue weighted by Crippen LogP contribution is -1.93. The molecule has 1 aromatic carbocycles. The summed E-state index contributed by atoms with van der Waals surface area (Å²) in [4.78, 5) is 6.00. The highest BCUT2D eigenvalue weighted by atomic mass is 32.2. The van der Waals surface area contributed by atoms with Crippen LogP contribution in [0.2, 0.25) is 0 Å². The molecular weight excluding hydrogens is 204 g/mol. The zero-order chi connectivity index (χ0) is 10.3. The number of rotatable bonds is 1. The zero-order valence-electron chi connectivity index (χ0n) is 8.60. The molecule has 76 valence electrons. The van der Waals surface area contributed by atoms with Crippen LogP contribution in [0.3, 0.4) is 0 Å². The summed E-state index contributed by atoms with van der Waals surface area (Å²) in [5.74, 6) is 2.30. The van der Waals surface area contributed by atoms with E-state index in [1.165, 1.54) is 22.6 Å². The Morgan fingerprint density at radius 1 is 1.33 bits per heavy atom. The van der Waals surface area contributed by atoms with E-state index < -0.39 is 0 Å². The highest BCUT2D eigenvalue weighted by Gasteiger charge is 2.14. The van der Waals surface area contributed by atoms with Gasteiger partial charge in [-0.15, -0.1) is 11.8 Å². The zero-order valence-corrected chi connectivity index (χ0v) is 9.42. The summed E-state index contributed by atoms with van der Waals surface area (Å²) in [6.07, 6.45) is 3.45. The van der Waals surface area contributed by atoms with Crippen molar-refractivity contribution in [2.45, 2.75) is 6.42 Å². The molecule has 0 fully saturated rings. The van der Waals surface area contributed by atoms with Crippen molar-refractivity contribution in [3.63, 3.8) is 0 Å². The van der Waals surface area contributed by atoms with E-state index in [2.05, 4.69) is 40.9 Å². The van der Waals surface area contributed by atoms with Gasteiger partial charge in [-0.25, -0.2) is 4.98 Å². The van der Waals surface area contributed by atoms with Crippen LogP contribution in [0.1, 0.15) is 12.2 Å². The fourth-order valence-electron chi connectivity index (χ4n) is 1.94. The molecule has 0 atom stereocenters. The Morgan fingerprint density at radius 2 is 2.20 bits per heavy atom. The first-order valence-corrected chi connectivity index (χ1v) is 6.09. The summed E-state index contributed by atoms with van der Waals surface area (Å²) in [5, 5.41) is 0. The van der Waals surface area contributed by atoms with Gasteiger partial charge in [0.2, 0.25) is 0 Å². The molecule has 0 spiro atoms. The molecule has 1 aliphatic rings. The molecule has 2 nitrogen and oxygen atoms in total. The van der Waals surface area contributed by atoms with Crippen molar-refractivity contribution in [3.8, 4) is 0 Å². The van der Waals surface area contributed by atoms with Gasteiger partial charge in [0.15, 0.2) is 0 Å². The molecule has 1 aromatic heterocycles. The summed E-state index contributed by atoms with van der Waals surface area (Å²) in [6, 6.07) is 8.28. The van der Waals surface area contributed by atoms with Crippen LogP contribution in [0.5, 0.6) is 0 Å². The van der Waals surface area contributed by atoms with Crippen LogP contribution >= 0.6 is 11.8 Å². The van der Waals surface area contributed by atoms with Gasteiger partial charge < -0.3 is 4.57 Å². The van der Waals surface area contributed by atoms with Crippen LogP contribution in [0.4, 0.5) is 0 Å². The maximum atomic E-state index is 4.67. The molecule has 1 aliphatic heterocycles. The third-order valence-corrected chi connectivity index (χ3v) is 3.81. The number of thioether (sulfide) groups is 1. The minimum absolute atomic E-state index is 1.09. The largest absolute Gasteiger partial charge is 0.327 e. The van der Waals surface area contributed by atoms with Crippen LogP contribution < -0.4 is 0 Å². The number of imidazole rings is 1. The van der Waals surface area contributed by atoms with Crippen molar-refractivity contribution in [1.82, 2.24) is 9.55 Å². The van der Waals surface area contributed by atoms with Gasteiger partial charge in [-0.2, -0.15) is 0 Å². The topological polar surface area (TPSA) is 17.8 Å². The summed E-state index contributed by atoms with van der Waals surface area (Å²) < 4.78 is 2.18. The number of allylic oxidation sites excluding steroid dienone is 1. The van der Waals surface area contributed by atoms with Gasteiger partial charge in [-0.3, -0.25) is 0 Å². The predicted octanol–water partition coefficient (Wildman–Crippen LogP) is 3.05. The van der Waals surface area contributed by atoms with Gasteiger partial charge in [-0.1, -0.05) is 18.2 Å². The van der Waals surface area contributed by atoms with Crippen molar-refractivity contribution in [2.24, 2.45) is 7.05 Å². The van der Waals surface area contributed by atoms with Crippen LogP contribution in [0.25, 0.3) is 15.9 Å². The Morgan fingerprint density at radius 3 is 2.93 bits per heavy atom. The number of aromatic nitrogens is 2. The van der Waals surface area contributed by atoms with E-state index in [9.17, 15) is 0 Å². The number of aryl methyl sites for hydroxylation is 1. The second kappa shape index (κ2) is 3.42. The summed E-state index contributed by atoms with van der Waals surface area (Å²) in [7, 11) is 2.09. The van der Waals surface area contributed by atoms with Crippen LogP contribution in [0.15, 0.2) is 30.3 Å². The number of hydrogen-bond acceptors (Lipinski definition) is 2. The molecule has 0 radical (unpaired) electrons. The third-order valence-electron chi connectivity index (χ3n) is 2.71. The molecule has 0 amide bonds. The highest BCUT2D eigenvalue weighted by molar-refractivity contribution is 8.08. The first-order chi connectivity index (χ1) is 7.36. The molecule has 3 heteroatoms. The average Bonchev–Trinajstić information content (AvgIpc) is 2.87.